The Balaban J connectivity index is 3.80. The molecule has 4 heteroatoms. The molecule has 0 saturated heterocycles. The van der Waals surface area contributed by atoms with Crippen molar-refractivity contribution in [3.05, 3.63) is 0 Å². The third-order valence-electron chi connectivity index (χ3n) is 1.38. The maximum Gasteiger partial charge on any atom is 0.146 e. The second kappa shape index (κ2) is 4.85. The molecule has 1 atom stereocenters. The standard InChI is InChI=1S/C7H13BrO3/c1-7(11,2-3-9)4-6(10)5-8/h9,11H,2-5H2,1H3/t7-/m0/s1. The van der Waals surface area contributed by atoms with Crippen LogP contribution in [0.5, 0.6) is 0 Å². The second-order valence-corrected chi connectivity index (χ2v) is 3.38. The summed E-state index contributed by atoms with van der Waals surface area (Å²) in [5.74, 6) is -0.0524. The molecule has 0 radical (unpaired) electrons. The predicted molar refractivity (Wildman–Crippen MR) is 45.7 cm³/mol. The highest BCUT2D eigenvalue weighted by atomic mass is 79.9. The number of halogens is 1. The number of carbonyl (C=O) groups is 1. The molecule has 3 nitrogen and oxygen atoms in total. The van der Waals surface area contributed by atoms with Crippen LogP contribution in [0.15, 0.2) is 0 Å². The average molecular weight is 225 g/mol. The Morgan fingerprint density at radius 2 is 2.18 bits per heavy atom. The van der Waals surface area contributed by atoms with E-state index in [4.69, 9.17) is 5.11 Å². The Kier molecular flexibility index (Phi) is 4.88. The first-order valence-corrected chi connectivity index (χ1v) is 4.55. The monoisotopic (exact) mass is 224 g/mol. The minimum atomic E-state index is -1.06. The highest BCUT2D eigenvalue weighted by molar-refractivity contribution is 9.09. The minimum absolute atomic E-state index is 0.0524. The van der Waals surface area contributed by atoms with E-state index < -0.39 is 5.60 Å². The molecule has 0 amide bonds. The molecular weight excluding hydrogens is 212 g/mol. The van der Waals surface area contributed by atoms with Crippen LogP contribution in [-0.4, -0.2) is 33.5 Å². The molecular formula is C7H13BrO3. The zero-order valence-electron chi connectivity index (χ0n) is 6.51. The van der Waals surface area contributed by atoms with Crippen molar-refractivity contribution in [2.24, 2.45) is 0 Å². The summed E-state index contributed by atoms with van der Waals surface area (Å²) in [4.78, 5) is 10.8. The maximum absolute atomic E-state index is 10.8. The summed E-state index contributed by atoms with van der Waals surface area (Å²) in [5.41, 5.74) is -1.06. The Labute approximate surface area is 74.5 Å². The number of rotatable bonds is 5. The van der Waals surface area contributed by atoms with Crippen molar-refractivity contribution < 1.29 is 15.0 Å². The van der Waals surface area contributed by atoms with E-state index in [1.54, 1.807) is 6.92 Å². The van der Waals surface area contributed by atoms with Gasteiger partial charge in [-0.1, -0.05) is 15.9 Å². The lowest BCUT2D eigenvalue weighted by atomic mass is 9.97. The molecule has 0 unspecified atom stereocenters. The van der Waals surface area contributed by atoms with Gasteiger partial charge in [-0.15, -0.1) is 0 Å². The Morgan fingerprint density at radius 1 is 1.64 bits per heavy atom. The third-order valence-corrected chi connectivity index (χ3v) is 2.00. The molecule has 0 aromatic heterocycles. The van der Waals surface area contributed by atoms with Gasteiger partial charge in [0.05, 0.1) is 10.9 Å². The van der Waals surface area contributed by atoms with Crippen LogP contribution in [0, 0.1) is 0 Å². The summed E-state index contributed by atoms with van der Waals surface area (Å²) in [5, 5.41) is 18.2. The van der Waals surface area contributed by atoms with E-state index in [0.29, 0.717) is 0 Å². The third kappa shape index (κ3) is 5.35. The molecule has 0 spiro atoms. The van der Waals surface area contributed by atoms with Crippen LogP contribution in [0.3, 0.4) is 0 Å². The second-order valence-electron chi connectivity index (χ2n) is 2.82. The van der Waals surface area contributed by atoms with Gasteiger partial charge in [-0.3, -0.25) is 4.79 Å². The van der Waals surface area contributed by atoms with Crippen LogP contribution >= 0.6 is 15.9 Å². The number of alkyl halides is 1. The molecule has 0 heterocycles. The van der Waals surface area contributed by atoms with Crippen molar-refractivity contribution in [2.45, 2.75) is 25.4 Å². The quantitative estimate of drug-likeness (QED) is 0.669. The van der Waals surface area contributed by atoms with Gasteiger partial charge in [0.25, 0.3) is 0 Å². The van der Waals surface area contributed by atoms with Gasteiger partial charge in [0.15, 0.2) is 0 Å². The van der Waals surface area contributed by atoms with Crippen molar-refractivity contribution in [3.63, 3.8) is 0 Å². The topological polar surface area (TPSA) is 57.5 Å². The van der Waals surface area contributed by atoms with Gasteiger partial charge in [-0.25, -0.2) is 0 Å². The lowest BCUT2D eigenvalue weighted by molar-refractivity contribution is -0.121. The number of aliphatic hydroxyl groups is 2. The van der Waals surface area contributed by atoms with Crippen molar-refractivity contribution in [1.29, 1.82) is 0 Å². The SMILES string of the molecule is C[C@](O)(CCO)CC(=O)CBr. The first-order valence-electron chi connectivity index (χ1n) is 3.43. The average Bonchev–Trinajstić information content (AvgIpc) is 1.86. The Hall–Kier alpha value is 0.0700. The van der Waals surface area contributed by atoms with E-state index >= 15 is 0 Å². The largest absolute Gasteiger partial charge is 0.396 e. The summed E-state index contributed by atoms with van der Waals surface area (Å²) in [6.45, 7) is 1.45. The lowest BCUT2D eigenvalue weighted by Crippen LogP contribution is -2.29. The number of Topliss-reactive ketones (excluding diaryl/α,β-unsaturated/α-hetero) is 1. The van der Waals surface area contributed by atoms with E-state index in [9.17, 15) is 9.90 Å². The fraction of sp³-hybridized carbons (Fsp3) is 0.857. The molecule has 0 fully saturated rings. The van der Waals surface area contributed by atoms with Crippen LogP contribution in [0.4, 0.5) is 0 Å². The number of aliphatic hydroxyl groups excluding tert-OH is 1. The van der Waals surface area contributed by atoms with Gasteiger partial charge in [0.2, 0.25) is 0 Å². The highest BCUT2D eigenvalue weighted by Crippen LogP contribution is 2.14. The Bertz CT molecular complexity index is 134. The molecule has 66 valence electrons. The summed E-state index contributed by atoms with van der Waals surface area (Å²) in [6.07, 6.45) is 0.338. The van der Waals surface area contributed by atoms with Crippen LogP contribution in [0.2, 0.25) is 0 Å². The zero-order chi connectivity index (χ0) is 8.91. The van der Waals surface area contributed by atoms with Crippen LogP contribution < -0.4 is 0 Å². The Morgan fingerprint density at radius 3 is 2.55 bits per heavy atom. The summed E-state index contributed by atoms with van der Waals surface area (Å²) in [7, 11) is 0. The normalized spacial score (nSPS) is 16.0. The van der Waals surface area contributed by atoms with E-state index in [1.807, 2.05) is 0 Å². The smallest absolute Gasteiger partial charge is 0.146 e. The fourth-order valence-corrected chi connectivity index (χ4v) is 1.000. The first kappa shape index (κ1) is 11.1. The molecule has 0 rings (SSSR count). The van der Waals surface area contributed by atoms with Crippen LogP contribution in [0.25, 0.3) is 0 Å². The maximum atomic E-state index is 10.8. The van der Waals surface area contributed by atoms with Gasteiger partial charge in [0, 0.05) is 13.0 Å². The molecule has 0 aliphatic carbocycles. The van der Waals surface area contributed by atoms with Crippen molar-refractivity contribution in [2.75, 3.05) is 11.9 Å². The molecule has 11 heavy (non-hydrogen) atoms. The predicted octanol–water partition coefficient (Wildman–Crippen LogP) is 0.474. The molecule has 0 aromatic rings. The number of ketones is 1. The van der Waals surface area contributed by atoms with Gasteiger partial charge >= 0.3 is 0 Å². The van der Waals surface area contributed by atoms with Gasteiger partial charge in [0.1, 0.15) is 5.78 Å². The van der Waals surface area contributed by atoms with Gasteiger partial charge in [-0.05, 0) is 13.3 Å². The molecule has 0 saturated carbocycles. The number of carbonyl (C=O) groups excluding carboxylic acids is 1. The lowest BCUT2D eigenvalue weighted by Gasteiger charge is -2.20. The molecule has 0 aromatic carbocycles. The molecule has 2 N–H and O–H groups in total. The summed E-state index contributed by atoms with van der Waals surface area (Å²) in [6, 6.07) is 0. The van der Waals surface area contributed by atoms with E-state index in [0.717, 1.165) is 0 Å². The van der Waals surface area contributed by atoms with Gasteiger partial charge < -0.3 is 10.2 Å². The molecule has 0 aliphatic heterocycles. The van der Waals surface area contributed by atoms with E-state index in [1.165, 1.54) is 0 Å². The van der Waals surface area contributed by atoms with Crippen molar-refractivity contribution in [1.82, 2.24) is 0 Å². The van der Waals surface area contributed by atoms with E-state index in [2.05, 4.69) is 15.9 Å². The fourth-order valence-electron chi connectivity index (χ4n) is 0.801. The molecule has 0 bridgehead atoms. The van der Waals surface area contributed by atoms with Crippen LogP contribution in [-0.2, 0) is 4.79 Å². The van der Waals surface area contributed by atoms with Gasteiger partial charge in [-0.2, -0.15) is 0 Å². The van der Waals surface area contributed by atoms with Crippen LogP contribution in [0.1, 0.15) is 19.8 Å². The van der Waals surface area contributed by atoms with E-state index in [-0.39, 0.29) is 30.6 Å². The molecule has 0 aliphatic rings. The summed E-state index contributed by atoms with van der Waals surface area (Å²) >= 11 is 3.00. The first-order chi connectivity index (χ1) is 5.02. The highest BCUT2D eigenvalue weighted by Gasteiger charge is 2.22. The zero-order valence-corrected chi connectivity index (χ0v) is 8.10. The summed E-state index contributed by atoms with van der Waals surface area (Å²) < 4.78 is 0. The van der Waals surface area contributed by atoms with Crippen molar-refractivity contribution in [3.8, 4) is 0 Å². The number of hydrogen-bond acceptors (Lipinski definition) is 3. The number of hydrogen-bond donors (Lipinski definition) is 2. The van der Waals surface area contributed by atoms with Crippen molar-refractivity contribution >= 4 is 21.7 Å². The minimum Gasteiger partial charge on any atom is -0.396 e.